The normalized spacial score (nSPS) is 13.2. The maximum Gasteiger partial charge on any atom is 0.236 e. The average molecular weight is 275 g/mol. The first-order chi connectivity index (χ1) is 8.38. The topological polar surface area (TPSA) is 131 Å². The van der Waals surface area contributed by atoms with Gasteiger partial charge in [0, 0.05) is 19.2 Å². The van der Waals surface area contributed by atoms with Crippen molar-refractivity contribution in [2.45, 2.75) is 18.9 Å². The molecular formula is C9H17N5O3S. The molecule has 1 atom stereocenters. The first-order valence-corrected chi connectivity index (χ1v) is 7.50. The van der Waals surface area contributed by atoms with Crippen LogP contribution in [0.1, 0.15) is 12.2 Å². The van der Waals surface area contributed by atoms with Crippen molar-refractivity contribution in [2.24, 2.45) is 5.73 Å². The largest absolute Gasteiger partial charge is 0.354 e. The van der Waals surface area contributed by atoms with Gasteiger partial charge in [0.2, 0.25) is 5.91 Å². The number of hydrogen-bond acceptors (Lipinski definition) is 6. The number of nitrogens with zero attached hydrogens (tertiary/aromatic N) is 2. The van der Waals surface area contributed by atoms with Crippen LogP contribution >= 0.6 is 0 Å². The van der Waals surface area contributed by atoms with Gasteiger partial charge in [-0.3, -0.25) is 9.89 Å². The summed E-state index contributed by atoms with van der Waals surface area (Å²) in [6.45, 7) is 0.376. The SMILES string of the molecule is CS(=O)(=O)CCC(N)C(=O)NCCc1ncn[nH]1. The number of aromatic nitrogens is 3. The lowest BCUT2D eigenvalue weighted by Crippen LogP contribution is -2.42. The van der Waals surface area contributed by atoms with Crippen LogP contribution < -0.4 is 11.1 Å². The predicted octanol–water partition coefficient (Wildman–Crippen LogP) is -1.77. The standard InChI is InChI=1S/C9H17N5O3S/c1-18(16,17)5-3-7(10)9(15)11-4-2-8-12-6-13-14-8/h6-7H,2-5,10H2,1H3,(H,11,15)(H,12,13,14). The zero-order valence-corrected chi connectivity index (χ0v) is 10.9. The fourth-order valence-corrected chi connectivity index (χ4v) is 1.94. The van der Waals surface area contributed by atoms with E-state index >= 15 is 0 Å². The summed E-state index contributed by atoms with van der Waals surface area (Å²) in [5.74, 6) is 0.210. The molecule has 1 aromatic rings. The molecular weight excluding hydrogens is 258 g/mol. The molecule has 9 heteroatoms. The first kappa shape index (κ1) is 14.6. The lowest BCUT2D eigenvalue weighted by atomic mass is 10.2. The molecule has 0 saturated carbocycles. The number of nitrogens with two attached hydrogens (primary N) is 1. The van der Waals surface area contributed by atoms with Crippen molar-refractivity contribution < 1.29 is 13.2 Å². The minimum Gasteiger partial charge on any atom is -0.354 e. The molecule has 0 aliphatic carbocycles. The Labute approximate surface area is 105 Å². The van der Waals surface area contributed by atoms with Gasteiger partial charge >= 0.3 is 0 Å². The van der Waals surface area contributed by atoms with Crippen LogP contribution in [-0.2, 0) is 21.1 Å². The van der Waals surface area contributed by atoms with Gasteiger partial charge in [0.05, 0.1) is 11.8 Å². The van der Waals surface area contributed by atoms with Crippen LogP contribution in [0.25, 0.3) is 0 Å². The lowest BCUT2D eigenvalue weighted by Gasteiger charge is -2.10. The number of H-pyrrole nitrogens is 1. The highest BCUT2D eigenvalue weighted by Crippen LogP contribution is 1.94. The maximum atomic E-state index is 11.5. The molecule has 1 unspecified atom stereocenters. The predicted molar refractivity (Wildman–Crippen MR) is 65.4 cm³/mol. The smallest absolute Gasteiger partial charge is 0.236 e. The summed E-state index contributed by atoms with van der Waals surface area (Å²) in [5.41, 5.74) is 5.57. The van der Waals surface area contributed by atoms with E-state index < -0.39 is 15.9 Å². The molecule has 18 heavy (non-hydrogen) atoms. The third-order valence-electron chi connectivity index (χ3n) is 2.26. The molecule has 1 aromatic heterocycles. The first-order valence-electron chi connectivity index (χ1n) is 5.44. The molecule has 1 amide bonds. The Balaban J connectivity index is 2.23. The number of rotatable bonds is 7. The third kappa shape index (κ3) is 5.73. The van der Waals surface area contributed by atoms with Crippen LogP contribution in [0.3, 0.4) is 0 Å². The molecule has 0 aliphatic rings. The van der Waals surface area contributed by atoms with Gasteiger partial charge in [0.15, 0.2) is 0 Å². The van der Waals surface area contributed by atoms with Gasteiger partial charge in [-0.25, -0.2) is 13.4 Å². The van der Waals surface area contributed by atoms with Crippen molar-refractivity contribution in [3.63, 3.8) is 0 Å². The zero-order valence-electron chi connectivity index (χ0n) is 10.1. The van der Waals surface area contributed by atoms with E-state index in [-0.39, 0.29) is 18.1 Å². The summed E-state index contributed by atoms with van der Waals surface area (Å²) in [6, 6.07) is -0.811. The van der Waals surface area contributed by atoms with E-state index in [4.69, 9.17) is 5.73 Å². The third-order valence-corrected chi connectivity index (χ3v) is 3.24. The quantitative estimate of drug-likeness (QED) is 0.539. The van der Waals surface area contributed by atoms with Crippen LogP contribution in [0.5, 0.6) is 0 Å². The second-order valence-electron chi connectivity index (χ2n) is 4.00. The van der Waals surface area contributed by atoms with Crippen molar-refractivity contribution in [3.8, 4) is 0 Å². The summed E-state index contributed by atoms with van der Waals surface area (Å²) in [4.78, 5) is 15.4. The van der Waals surface area contributed by atoms with E-state index in [1.165, 1.54) is 6.33 Å². The number of sulfone groups is 1. The molecule has 0 saturated heterocycles. The Bertz CT molecular complexity index is 470. The van der Waals surface area contributed by atoms with Gasteiger partial charge in [-0.05, 0) is 6.42 Å². The number of nitrogens with one attached hydrogen (secondary N) is 2. The number of carbonyl (C=O) groups excluding carboxylic acids is 1. The number of carbonyl (C=O) groups is 1. The Kier molecular flexibility index (Phi) is 5.23. The molecule has 0 aliphatic heterocycles. The number of amides is 1. The Morgan fingerprint density at radius 1 is 1.61 bits per heavy atom. The molecule has 102 valence electrons. The summed E-state index contributed by atoms with van der Waals surface area (Å²) in [5, 5.41) is 8.94. The van der Waals surface area contributed by atoms with E-state index in [0.29, 0.717) is 18.8 Å². The van der Waals surface area contributed by atoms with Crippen molar-refractivity contribution in [3.05, 3.63) is 12.2 Å². The maximum absolute atomic E-state index is 11.5. The fourth-order valence-electron chi connectivity index (χ4n) is 1.26. The van der Waals surface area contributed by atoms with Crippen LogP contribution in [0.2, 0.25) is 0 Å². The van der Waals surface area contributed by atoms with Crippen molar-refractivity contribution >= 4 is 15.7 Å². The van der Waals surface area contributed by atoms with Gasteiger partial charge in [-0.2, -0.15) is 5.10 Å². The van der Waals surface area contributed by atoms with Gasteiger partial charge in [-0.15, -0.1) is 0 Å². The molecule has 0 bridgehead atoms. The number of hydrogen-bond donors (Lipinski definition) is 3. The fraction of sp³-hybridized carbons (Fsp3) is 0.667. The monoisotopic (exact) mass is 275 g/mol. The van der Waals surface area contributed by atoms with Crippen LogP contribution in [0, 0.1) is 0 Å². The van der Waals surface area contributed by atoms with Gasteiger partial charge in [0.25, 0.3) is 0 Å². The second-order valence-corrected chi connectivity index (χ2v) is 6.26. The van der Waals surface area contributed by atoms with E-state index in [2.05, 4.69) is 20.5 Å². The molecule has 0 fully saturated rings. The van der Waals surface area contributed by atoms with E-state index in [1.54, 1.807) is 0 Å². The minimum absolute atomic E-state index is 0.0936. The molecule has 0 radical (unpaired) electrons. The van der Waals surface area contributed by atoms with Crippen LogP contribution in [0.15, 0.2) is 6.33 Å². The Morgan fingerprint density at radius 3 is 2.89 bits per heavy atom. The summed E-state index contributed by atoms with van der Waals surface area (Å²) >= 11 is 0. The Morgan fingerprint density at radius 2 is 2.33 bits per heavy atom. The van der Waals surface area contributed by atoms with E-state index in [0.717, 1.165) is 6.26 Å². The van der Waals surface area contributed by atoms with Crippen LogP contribution in [0.4, 0.5) is 0 Å². The van der Waals surface area contributed by atoms with Crippen molar-refractivity contribution in [1.82, 2.24) is 20.5 Å². The van der Waals surface area contributed by atoms with Gasteiger partial charge in [-0.1, -0.05) is 0 Å². The van der Waals surface area contributed by atoms with Crippen molar-refractivity contribution in [2.75, 3.05) is 18.6 Å². The highest BCUT2D eigenvalue weighted by atomic mass is 32.2. The van der Waals surface area contributed by atoms with Crippen LogP contribution in [-0.4, -0.2) is 54.1 Å². The molecule has 1 rings (SSSR count). The van der Waals surface area contributed by atoms with Crippen molar-refractivity contribution in [1.29, 1.82) is 0 Å². The molecule has 8 nitrogen and oxygen atoms in total. The molecule has 4 N–H and O–H groups in total. The van der Waals surface area contributed by atoms with Gasteiger partial charge in [0.1, 0.15) is 22.0 Å². The Hall–Kier alpha value is -1.48. The summed E-state index contributed by atoms with van der Waals surface area (Å²) in [7, 11) is -3.09. The summed E-state index contributed by atoms with van der Waals surface area (Å²) < 4.78 is 21.8. The highest BCUT2D eigenvalue weighted by Gasteiger charge is 2.15. The minimum atomic E-state index is -3.09. The van der Waals surface area contributed by atoms with E-state index in [9.17, 15) is 13.2 Å². The highest BCUT2D eigenvalue weighted by molar-refractivity contribution is 7.90. The second kappa shape index (κ2) is 6.45. The molecule has 1 heterocycles. The van der Waals surface area contributed by atoms with E-state index in [1.807, 2.05) is 0 Å². The zero-order chi connectivity index (χ0) is 13.6. The summed E-state index contributed by atoms with van der Waals surface area (Å²) in [6.07, 6.45) is 3.13. The van der Waals surface area contributed by atoms with Gasteiger partial charge < -0.3 is 11.1 Å². The lowest BCUT2D eigenvalue weighted by molar-refractivity contribution is -0.122. The number of aromatic amines is 1. The molecule has 0 spiro atoms. The molecule has 0 aromatic carbocycles. The average Bonchev–Trinajstić information content (AvgIpc) is 2.77.